The van der Waals surface area contributed by atoms with Crippen LogP contribution in [0.3, 0.4) is 0 Å². The van der Waals surface area contributed by atoms with Crippen LogP contribution in [0.2, 0.25) is 0 Å². The van der Waals surface area contributed by atoms with Crippen LogP contribution in [0.4, 0.5) is 0 Å². The molecule has 0 saturated carbocycles. The SMILES string of the molecule is BC(P=O)P=O. The van der Waals surface area contributed by atoms with Crippen LogP contribution in [0.15, 0.2) is 0 Å². The van der Waals surface area contributed by atoms with Crippen LogP contribution >= 0.6 is 16.9 Å². The lowest BCUT2D eigenvalue weighted by Crippen LogP contribution is -1.78. The van der Waals surface area contributed by atoms with Crippen LogP contribution in [0.5, 0.6) is 0 Å². The van der Waals surface area contributed by atoms with Crippen LogP contribution in [0.1, 0.15) is 0 Å². The maximum Gasteiger partial charge on any atom is 0.161 e. The van der Waals surface area contributed by atoms with E-state index in [4.69, 9.17) is 0 Å². The molecule has 0 N–H and O–H groups in total. The average Bonchev–Trinajstić information content (AvgIpc) is 1.65. The van der Waals surface area contributed by atoms with Crippen molar-refractivity contribution in [2.45, 2.75) is 5.30 Å². The highest BCUT2D eigenvalue weighted by atomic mass is 31.1. The van der Waals surface area contributed by atoms with Gasteiger partial charge in [-0.25, -0.2) is 0 Å². The first-order chi connectivity index (χ1) is 2.81. The van der Waals surface area contributed by atoms with Gasteiger partial charge in [-0.05, 0) is 0 Å². The normalized spacial score (nSPS) is 15.3. The van der Waals surface area contributed by atoms with Gasteiger partial charge in [0.05, 0.1) is 5.30 Å². The van der Waals surface area contributed by atoms with Crippen molar-refractivity contribution in [3.05, 3.63) is 0 Å². The van der Waals surface area contributed by atoms with Crippen molar-refractivity contribution in [1.29, 1.82) is 0 Å². The summed E-state index contributed by atoms with van der Waals surface area (Å²) in [4.78, 5) is 0. The Morgan fingerprint density at radius 3 is 1.67 bits per heavy atom. The van der Waals surface area contributed by atoms with Crippen LogP contribution in [0, 0.1) is 0 Å². The molecule has 6 heavy (non-hydrogen) atoms. The Hall–Kier alpha value is 0.265. The molecule has 2 nitrogen and oxygen atoms in total. The Morgan fingerprint density at radius 2 is 1.67 bits per heavy atom. The smallest absolute Gasteiger partial charge is 0.161 e. The van der Waals surface area contributed by atoms with Gasteiger partial charge < -0.3 is 0 Å². The second-order valence-corrected chi connectivity index (χ2v) is 3.22. The molecule has 0 aliphatic rings. The quantitative estimate of drug-likeness (QED) is 0.392. The first-order valence-corrected chi connectivity index (χ1v) is 3.22. The molecule has 0 atom stereocenters. The summed E-state index contributed by atoms with van der Waals surface area (Å²) in [5.74, 6) is 0. The van der Waals surface area contributed by atoms with Crippen molar-refractivity contribution in [2.24, 2.45) is 0 Å². The van der Waals surface area contributed by atoms with Crippen molar-refractivity contribution in [1.82, 2.24) is 0 Å². The standard InChI is InChI=1S/CH3BO2P2/c2-1(5-3)6-4/h1H,2H2. The minimum absolute atomic E-state index is 0.0467. The van der Waals surface area contributed by atoms with Gasteiger partial charge in [0.15, 0.2) is 16.9 Å². The summed E-state index contributed by atoms with van der Waals surface area (Å²) >= 11 is 0. The van der Waals surface area contributed by atoms with E-state index in [1.165, 1.54) is 0 Å². The predicted octanol–water partition coefficient (Wildman–Crippen LogP) is 0.486. The fourth-order valence-corrected chi connectivity index (χ4v) is 0.173. The Morgan fingerprint density at radius 1 is 1.33 bits per heavy atom. The highest BCUT2D eigenvalue weighted by Gasteiger charge is 1.94. The topological polar surface area (TPSA) is 34.1 Å². The fourth-order valence-electron chi connectivity index (χ4n) is 0.0192. The van der Waals surface area contributed by atoms with Crippen molar-refractivity contribution < 1.29 is 9.13 Å². The van der Waals surface area contributed by atoms with Gasteiger partial charge in [0.1, 0.15) is 7.85 Å². The second kappa shape index (κ2) is 3.45. The minimum atomic E-state index is -0.231. The van der Waals surface area contributed by atoms with E-state index in [9.17, 15) is 9.13 Å². The van der Waals surface area contributed by atoms with E-state index in [-0.39, 0.29) is 22.2 Å². The molecule has 0 fully saturated rings. The molecule has 32 valence electrons. The Balaban J connectivity index is 3.21. The van der Waals surface area contributed by atoms with E-state index in [1.807, 2.05) is 0 Å². The molecule has 0 heterocycles. The molecule has 0 spiro atoms. The average molecular weight is 120 g/mol. The summed E-state index contributed by atoms with van der Waals surface area (Å²) in [5, 5.41) is -0.231. The minimum Gasteiger partial charge on any atom is -0.275 e. The molecule has 0 rings (SSSR count). The van der Waals surface area contributed by atoms with E-state index in [0.717, 1.165) is 0 Å². The summed E-state index contributed by atoms with van der Waals surface area (Å²) < 4.78 is 19.3. The first-order valence-electron chi connectivity index (χ1n) is 1.46. The summed E-state index contributed by atoms with van der Waals surface area (Å²) in [5.41, 5.74) is 0. The van der Waals surface area contributed by atoms with Gasteiger partial charge in [-0.15, -0.1) is 0 Å². The van der Waals surface area contributed by atoms with E-state index < -0.39 is 0 Å². The monoisotopic (exact) mass is 120 g/mol. The summed E-state index contributed by atoms with van der Waals surface area (Å²) in [6.07, 6.45) is 0. The van der Waals surface area contributed by atoms with Crippen molar-refractivity contribution in [2.75, 3.05) is 0 Å². The Kier molecular flexibility index (Phi) is 3.61. The molecule has 5 heteroatoms. The molecular weight excluding hydrogens is 117 g/mol. The fraction of sp³-hybridized carbons (Fsp3) is 1.00. The van der Waals surface area contributed by atoms with Gasteiger partial charge in [0, 0.05) is 0 Å². The molecule has 0 aliphatic heterocycles. The van der Waals surface area contributed by atoms with E-state index >= 15 is 0 Å². The van der Waals surface area contributed by atoms with E-state index in [2.05, 4.69) is 0 Å². The summed E-state index contributed by atoms with van der Waals surface area (Å²) in [7, 11) is 1.53. The van der Waals surface area contributed by atoms with Gasteiger partial charge in [-0.1, -0.05) is 0 Å². The van der Waals surface area contributed by atoms with Crippen LogP contribution in [0.25, 0.3) is 0 Å². The highest BCUT2D eigenvalue weighted by Crippen LogP contribution is 2.12. The summed E-state index contributed by atoms with van der Waals surface area (Å²) in [6.45, 7) is 0. The molecule has 0 aliphatic carbocycles. The predicted molar refractivity (Wildman–Crippen MR) is 27.5 cm³/mol. The number of hydrogen-bond acceptors (Lipinski definition) is 2. The van der Waals surface area contributed by atoms with Gasteiger partial charge in [0.25, 0.3) is 0 Å². The van der Waals surface area contributed by atoms with Gasteiger partial charge in [-0.2, -0.15) is 0 Å². The Bertz CT molecular complexity index is 56.6. The summed E-state index contributed by atoms with van der Waals surface area (Å²) in [6, 6.07) is 0. The van der Waals surface area contributed by atoms with Crippen molar-refractivity contribution >= 4 is 24.8 Å². The molecule has 0 bridgehead atoms. The maximum absolute atomic E-state index is 9.63. The van der Waals surface area contributed by atoms with E-state index in [1.54, 1.807) is 7.85 Å². The third kappa shape index (κ3) is 2.50. The van der Waals surface area contributed by atoms with Gasteiger partial charge in [0.2, 0.25) is 0 Å². The molecule has 0 unspecified atom stereocenters. The van der Waals surface area contributed by atoms with Gasteiger partial charge in [-0.3, -0.25) is 9.13 Å². The zero-order chi connectivity index (χ0) is 4.99. The van der Waals surface area contributed by atoms with Crippen LogP contribution in [-0.2, 0) is 9.13 Å². The van der Waals surface area contributed by atoms with E-state index in [0.29, 0.717) is 0 Å². The first kappa shape index (κ1) is 6.26. The lowest BCUT2D eigenvalue weighted by atomic mass is 10.2. The molecule has 0 aromatic carbocycles. The molecular formula is CH3BO2P2. The molecule has 0 aromatic rings. The molecule has 0 aromatic heterocycles. The molecule has 0 amide bonds. The third-order valence-corrected chi connectivity index (χ3v) is 1.48. The molecule has 0 radical (unpaired) electrons. The molecule has 0 saturated heterocycles. The zero-order valence-corrected chi connectivity index (χ0v) is 5.08. The Labute approximate surface area is 40.1 Å². The second-order valence-electron chi connectivity index (χ2n) is 0.843. The van der Waals surface area contributed by atoms with Crippen LogP contribution in [-0.4, -0.2) is 13.1 Å². The van der Waals surface area contributed by atoms with Crippen molar-refractivity contribution in [3.8, 4) is 0 Å². The lowest BCUT2D eigenvalue weighted by molar-refractivity contribution is 0.593. The zero-order valence-electron chi connectivity index (χ0n) is 3.29. The third-order valence-electron chi connectivity index (χ3n) is 0.305. The lowest BCUT2D eigenvalue weighted by Gasteiger charge is -1.73. The van der Waals surface area contributed by atoms with Crippen LogP contribution < -0.4 is 0 Å². The highest BCUT2D eigenvalue weighted by molar-refractivity contribution is 7.48. The number of rotatable bonds is 2. The number of hydrogen-bond donors (Lipinski definition) is 0. The maximum atomic E-state index is 9.63. The van der Waals surface area contributed by atoms with Crippen molar-refractivity contribution in [3.63, 3.8) is 0 Å². The largest absolute Gasteiger partial charge is 0.275 e. The van der Waals surface area contributed by atoms with Gasteiger partial charge >= 0.3 is 0 Å².